The van der Waals surface area contributed by atoms with Crippen molar-refractivity contribution >= 4 is 28.7 Å². The second kappa shape index (κ2) is 9.11. The SMILES string of the molecule is CCCCNc1nc(SC2CCCC2)nc2c1nnn2C1CC(CO)C(O)C1O. The van der Waals surface area contributed by atoms with Gasteiger partial charge in [0.2, 0.25) is 0 Å². The molecule has 0 aliphatic heterocycles. The van der Waals surface area contributed by atoms with Crippen molar-refractivity contribution in [2.75, 3.05) is 18.5 Å². The first-order valence-electron chi connectivity index (χ1n) is 10.6. The lowest BCUT2D eigenvalue weighted by molar-refractivity contribution is -0.00512. The summed E-state index contributed by atoms with van der Waals surface area (Å²) in [4.78, 5) is 9.45. The Labute approximate surface area is 174 Å². The van der Waals surface area contributed by atoms with Crippen LogP contribution in [-0.2, 0) is 0 Å². The molecule has 0 spiro atoms. The van der Waals surface area contributed by atoms with Crippen LogP contribution in [0.25, 0.3) is 11.2 Å². The number of unbranched alkanes of at least 4 members (excludes halogenated alkanes) is 1. The van der Waals surface area contributed by atoms with Crippen LogP contribution in [0.15, 0.2) is 5.16 Å². The van der Waals surface area contributed by atoms with Gasteiger partial charge in [0.05, 0.1) is 12.1 Å². The third kappa shape index (κ3) is 4.21. The normalized spacial score (nSPS) is 27.9. The summed E-state index contributed by atoms with van der Waals surface area (Å²) in [6.07, 6.45) is 5.36. The molecule has 2 fully saturated rings. The van der Waals surface area contributed by atoms with Crippen molar-refractivity contribution in [1.82, 2.24) is 25.0 Å². The molecule has 2 aliphatic rings. The lowest BCUT2D eigenvalue weighted by atomic mass is 10.1. The molecule has 0 radical (unpaired) electrons. The Morgan fingerprint density at radius 1 is 1.17 bits per heavy atom. The van der Waals surface area contributed by atoms with E-state index in [1.807, 2.05) is 0 Å². The maximum absolute atomic E-state index is 10.5. The van der Waals surface area contributed by atoms with Crippen LogP contribution in [0.1, 0.15) is 57.9 Å². The van der Waals surface area contributed by atoms with Crippen LogP contribution >= 0.6 is 11.8 Å². The lowest BCUT2D eigenvalue weighted by Gasteiger charge is -2.17. The van der Waals surface area contributed by atoms with Crippen molar-refractivity contribution in [3.63, 3.8) is 0 Å². The van der Waals surface area contributed by atoms with Crippen LogP contribution in [0.3, 0.4) is 0 Å². The fourth-order valence-electron chi connectivity index (χ4n) is 4.27. The predicted octanol–water partition coefficient (Wildman–Crippen LogP) is 1.74. The van der Waals surface area contributed by atoms with E-state index in [4.69, 9.17) is 9.97 Å². The molecule has 29 heavy (non-hydrogen) atoms. The number of hydrogen-bond donors (Lipinski definition) is 4. The first-order chi connectivity index (χ1) is 14.1. The highest BCUT2D eigenvalue weighted by molar-refractivity contribution is 7.99. The number of rotatable bonds is 8. The fourth-order valence-corrected chi connectivity index (χ4v) is 5.42. The van der Waals surface area contributed by atoms with Crippen molar-refractivity contribution in [2.24, 2.45) is 5.92 Å². The Hall–Kier alpha value is -1.49. The van der Waals surface area contributed by atoms with Crippen molar-refractivity contribution in [3.8, 4) is 0 Å². The van der Waals surface area contributed by atoms with Gasteiger partial charge in [-0.2, -0.15) is 0 Å². The van der Waals surface area contributed by atoms with E-state index in [1.165, 1.54) is 25.7 Å². The molecule has 4 atom stereocenters. The molecule has 2 aliphatic carbocycles. The Morgan fingerprint density at radius 2 is 1.97 bits per heavy atom. The van der Waals surface area contributed by atoms with E-state index in [0.717, 1.165) is 19.4 Å². The third-order valence-electron chi connectivity index (χ3n) is 6.02. The molecule has 160 valence electrons. The van der Waals surface area contributed by atoms with Gasteiger partial charge in [-0.3, -0.25) is 0 Å². The maximum atomic E-state index is 10.5. The number of fused-ring (bicyclic) bond motifs is 1. The average molecular weight is 423 g/mol. The van der Waals surface area contributed by atoms with E-state index in [-0.39, 0.29) is 12.5 Å². The minimum atomic E-state index is -1.02. The minimum Gasteiger partial charge on any atom is -0.396 e. The van der Waals surface area contributed by atoms with E-state index >= 15 is 0 Å². The van der Waals surface area contributed by atoms with Crippen LogP contribution < -0.4 is 5.32 Å². The summed E-state index contributed by atoms with van der Waals surface area (Å²) in [6, 6.07) is -0.477. The summed E-state index contributed by atoms with van der Waals surface area (Å²) < 4.78 is 1.60. The maximum Gasteiger partial charge on any atom is 0.191 e. The van der Waals surface area contributed by atoms with Gasteiger partial charge in [0, 0.05) is 24.3 Å². The van der Waals surface area contributed by atoms with Crippen molar-refractivity contribution in [1.29, 1.82) is 0 Å². The number of hydrogen-bond acceptors (Lipinski definition) is 9. The Balaban J connectivity index is 1.69. The molecule has 0 saturated heterocycles. The summed E-state index contributed by atoms with van der Waals surface area (Å²) in [6.45, 7) is 2.75. The standard InChI is InChI=1S/C19H30N6O3S/c1-2-3-8-20-17-14-18(22-19(21-17)29-12-6-4-5-7-12)25(24-23-14)13-9-11(10-26)15(27)16(13)28/h11-13,15-16,26-28H,2-10H2,1H3,(H,20,21,22). The lowest BCUT2D eigenvalue weighted by Crippen LogP contribution is -2.30. The molecular weight excluding hydrogens is 392 g/mol. The number of thioether (sulfide) groups is 1. The van der Waals surface area contributed by atoms with E-state index in [0.29, 0.717) is 33.8 Å². The molecule has 4 unspecified atom stereocenters. The smallest absolute Gasteiger partial charge is 0.191 e. The molecule has 2 aromatic rings. The van der Waals surface area contributed by atoms with Gasteiger partial charge >= 0.3 is 0 Å². The second-order valence-corrected chi connectivity index (χ2v) is 9.36. The molecule has 2 saturated carbocycles. The van der Waals surface area contributed by atoms with Gasteiger partial charge in [-0.15, -0.1) is 5.10 Å². The summed E-state index contributed by atoms with van der Waals surface area (Å²) in [5.74, 6) is 0.285. The Bertz CT molecular complexity index is 828. The Kier molecular flexibility index (Phi) is 6.53. The van der Waals surface area contributed by atoms with Crippen LogP contribution in [0.4, 0.5) is 5.82 Å². The zero-order valence-corrected chi connectivity index (χ0v) is 17.6. The van der Waals surface area contributed by atoms with Gasteiger partial charge in [-0.25, -0.2) is 14.6 Å². The number of aliphatic hydroxyl groups excluding tert-OH is 3. The zero-order valence-electron chi connectivity index (χ0n) is 16.7. The van der Waals surface area contributed by atoms with Gasteiger partial charge in [0.1, 0.15) is 6.10 Å². The van der Waals surface area contributed by atoms with Crippen LogP contribution in [0.5, 0.6) is 0 Å². The van der Waals surface area contributed by atoms with E-state index < -0.39 is 18.2 Å². The van der Waals surface area contributed by atoms with E-state index in [9.17, 15) is 15.3 Å². The highest BCUT2D eigenvalue weighted by Crippen LogP contribution is 2.38. The Morgan fingerprint density at radius 3 is 2.66 bits per heavy atom. The molecule has 9 nitrogen and oxygen atoms in total. The molecule has 0 bridgehead atoms. The number of anilines is 1. The predicted molar refractivity (Wildman–Crippen MR) is 111 cm³/mol. The minimum absolute atomic E-state index is 0.178. The number of nitrogens with zero attached hydrogens (tertiary/aromatic N) is 5. The number of aliphatic hydroxyl groups is 3. The van der Waals surface area contributed by atoms with Crippen LogP contribution in [0.2, 0.25) is 0 Å². The molecule has 2 heterocycles. The zero-order chi connectivity index (χ0) is 20.4. The first kappa shape index (κ1) is 20.8. The highest BCUT2D eigenvalue weighted by Gasteiger charge is 2.43. The summed E-state index contributed by atoms with van der Waals surface area (Å²) >= 11 is 1.70. The molecule has 2 aromatic heterocycles. The summed E-state index contributed by atoms with van der Waals surface area (Å²) in [7, 11) is 0. The van der Waals surface area contributed by atoms with Crippen molar-refractivity contribution < 1.29 is 15.3 Å². The average Bonchev–Trinajstić information content (AvgIpc) is 3.43. The largest absolute Gasteiger partial charge is 0.396 e. The molecule has 4 rings (SSSR count). The molecule has 4 N–H and O–H groups in total. The highest BCUT2D eigenvalue weighted by atomic mass is 32.2. The monoisotopic (exact) mass is 422 g/mol. The first-order valence-corrected chi connectivity index (χ1v) is 11.5. The molecule has 0 amide bonds. The van der Waals surface area contributed by atoms with E-state index in [2.05, 4.69) is 22.6 Å². The van der Waals surface area contributed by atoms with Crippen LogP contribution in [0, 0.1) is 5.92 Å². The number of nitrogens with one attached hydrogen (secondary N) is 1. The fraction of sp³-hybridized carbons (Fsp3) is 0.789. The van der Waals surface area contributed by atoms with Crippen molar-refractivity contribution in [2.45, 2.75) is 80.5 Å². The van der Waals surface area contributed by atoms with E-state index in [1.54, 1.807) is 16.4 Å². The van der Waals surface area contributed by atoms with Gasteiger partial charge in [-0.1, -0.05) is 43.2 Å². The van der Waals surface area contributed by atoms with Gasteiger partial charge in [0.15, 0.2) is 22.1 Å². The van der Waals surface area contributed by atoms with Gasteiger partial charge in [0.25, 0.3) is 0 Å². The second-order valence-electron chi connectivity index (χ2n) is 8.09. The van der Waals surface area contributed by atoms with Gasteiger partial charge < -0.3 is 20.6 Å². The van der Waals surface area contributed by atoms with Crippen molar-refractivity contribution in [3.05, 3.63) is 0 Å². The number of aromatic nitrogens is 5. The van der Waals surface area contributed by atoms with Gasteiger partial charge in [-0.05, 0) is 25.7 Å². The third-order valence-corrected chi connectivity index (χ3v) is 7.22. The topological polar surface area (TPSA) is 129 Å². The molecular formula is C19H30N6O3S. The quantitative estimate of drug-likeness (QED) is 0.371. The molecule has 0 aromatic carbocycles. The molecule has 10 heteroatoms. The summed E-state index contributed by atoms with van der Waals surface area (Å²) in [5.41, 5.74) is 1.14. The van der Waals surface area contributed by atoms with Crippen LogP contribution in [-0.4, -0.2) is 70.9 Å². The summed E-state index contributed by atoms with van der Waals surface area (Å²) in [5, 5.41) is 43.4.